The maximum atomic E-state index is 10.7. The first-order chi connectivity index (χ1) is 8.56. The predicted octanol–water partition coefficient (Wildman–Crippen LogP) is 3.38. The van der Waals surface area contributed by atoms with Crippen LogP contribution in [0, 0.1) is 13.8 Å². The van der Waals surface area contributed by atoms with Crippen molar-refractivity contribution in [1.29, 1.82) is 0 Å². The van der Waals surface area contributed by atoms with Gasteiger partial charge in [0.15, 0.2) is 0 Å². The van der Waals surface area contributed by atoms with E-state index in [1.54, 1.807) is 0 Å². The number of carbonyl (C=O) groups is 1. The normalized spacial score (nSPS) is 10.4. The topological polar surface area (TPSA) is 40.5 Å². The minimum atomic E-state index is -0.734. The summed E-state index contributed by atoms with van der Waals surface area (Å²) < 4.78 is 0. The van der Waals surface area contributed by atoms with Gasteiger partial charge in [-0.15, -0.1) is 0 Å². The number of aliphatic carboxylic acids is 1. The molecule has 0 heterocycles. The molecule has 100 valence electrons. The molecule has 1 rings (SSSR count). The Hall–Kier alpha value is -1.51. The van der Waals surface area contributed by atoms with Crippen molar-refractivity contribution < 1.29 is 9.90 Å². The molecule has 0 amide bonds. The Morgan fingerprint density at radius 2 is 2.00 bits per heavy atom. The van der Waals surface area contributed by atoms with Gasteiger partial charge in [0.2, 0.25) is 0 Å². The largest absolute Gasteiger partial charge is 0.481 e. The van der Waals surface area contributed by atoms with Gasteiger partial charge < -0.3 is 10.0 Å². The molecule has 0 fully saturated rings. The number of nitrogens with zero attached hydrogens (tertiary/aromatic N) is 1. The summed E-state index contributed by atoms with van der Waals surface area (Å²) in [5.41, 5.74) is 3.67. The second kappa shape index (κ2) is 7.04. The summed E-state index contributed by atoms with van der Waals surface area (Å²) >= 11 is 0. The molecular formula is C15H23NO2. The van der Waals surface area contributed by atoms with Crippen LogP contribution in [0.2, 0.25) is 0 Å². The minimum absolute atomic E-state index is 0.192. The number of anilines is 1. The molecule has 18 heavy (non-hydrogen) atoms. The molecule has 0 aliphatic carbocycles. The fourth-order valence-corrected chi connectivity index (χ4v) is 2.01. The van der Waals surface area contributed by atoms with E-state index in [1.165, 1.54) is 16.8 Å². The molecule has 0 saturated carbocycles. The zero-order valence-corrected chi connectivity index (χ0v) is 11.6. The summed E-state index contributed by atoms with van der Waals surface area (Å²) in [6.45, 7) is 7.85. The van der Waals surface area contributed by atoms with Crippen molar-refractivity contribution in [3.63, 3.8) is 0 Å². The zero-order chi connectivity index (χ0) is 13.5. The van der Waals surface area contributed by atoms with Gasteiger partial charge in [0.1, 0.15) is 0 Å². The monoisotopic (exact) mass is 249 g/mol. The van der Waals surface area contributed by atoms with Crippen molar-refractivity contribution in [3.8, 4) is 0 Å². The van der Waals surface area contributed by atoms with Crippen LogP contribution in [0.15, 0.2) is 18.2 Å². The molecule has 0 aliphatic rings. The lowest BCUT2D eigenvalue weighted by Crippen LogP contribution is -2.28. The summed E-state index contributed by atoms with van der Waals surface area (Å²) in [6.07, 6.45) is 2.40. The molecule has 3 heteroatoms. The lowest BCUT2D eigenvalue weighted by Gasteiger charge is -2.26. The van der Waals surface area contributed by atoms with Crippen LogP contribution in [0.5, 0.6) is 0 Å². The summed E-state index contributed by atoms with van der Waals surface area (Å²) in [5.74, 6) is -0.734. The Kier molecular flexibility index (Phi) is 5.69. The van der Waals surface area contributed by atoms with Gasteiger partial charge in [-0.05, 0) is 37.5 Å². The molecule has 0 spiro atoms. The highest BCUT2D eigenvalue weighted by atomic mass is 16.4. The number of carboxylic acids is 1. The molecule has 0 atom stereocenters. The van der Waals surface area contributed by atoms with E-state index in [4.69, 9.17) is 5.11 Å². The van der Waals surface area contributed by atoms with Gasteiger partial charge in [-0.25, -0.2) is 0 Å². The van der Waals surface area contributed by atoms with Gasteiger partial charge in [0.25, 0.3) is 0 Å². The van der Waals surface area contributed by atoms with Gasteiger partial charge in [0.05, 0.1) is 6.42 Å². The number of aryl methyl sites for hydroxylation is 1. The summed E-state index contributed by atoms with van der Waals surface area (Å²) in [6, 6.07) is 6.21. The Balaban J connectivity index is 2.86. The molecule has 0 saturated heterocycles. The third-order valence-corrected chi connectivity index (χ3v) is 3.29. The molecule has 3 nitrogen and oxygen atoms in total. The highest BCUT2D eigenvalue weighted by molar-refractivity contribution is 5.68. The number of carboxylic acid groups (broad SMARTS) is 1. The predicted molar refractivity (Wildman–Crippen MR) is 75.3 cm³/mol. The average molecular weight is 249 g/mol. The minimum Gasteiger partial charge on any atom is -0.481 e. The van der Waals surface area contributed by atoms with E-state index in [1.807, 2.05) is 6.07 Å². The molecule has 0 aliphatic heterocycles. The maximum Gasteiger partial charge on any atom is 0.305 e. The molecule has 1 aromatic carbocycles. The van der Waals surface area contributed by atoms with Crippen molar-refractivity contribution in [3.05, 3.63) is 29.3 Å². The van der Waals surface area contributed by atoms with Gasteiger partial charge >= 0.3 is 5.97 Å². The summed E-state index contributed by atoms with van der Waals surface area (Å²) in [4.78, 5) is 12.9. The first kappa shape index (κ1) is 14.6. The van der Waals surface area contributed by atoms with E-state index in [0.717, 1.165) is 19.4 Å². The van der Waals surface area contributed by atoms with Gasteiger partial charge in [0, 0.05) is 18.8 Å². The highest BCUT2D eigenvalue weighted by Gasteiger charge is 2.11. The third kappa shape index (κ3) is 4.06. The molecule has 1 N–H and O–H groups in total. The second-order valence-corrected chi connectivity index (χ2v) is 4.70. The lowest BCUT2D eigenvalue weighted by molar-refractivity contribution is -0.136. The van der Waals surface area contributed by atoms with Crippen LogP contribution >= 0.6 is 0 Å². The lowest BCUT2D eigenvalue weighted by atomic mass is 10.1. The zero-order valence-electron chi connectivity index (χ0n) is 11.6. The van der Waals surface area contributed by atoms with Crippen LogP contribution in [-0.2, 0) is 4.79 Å². The van der Waals surface area contributed by atoms with Crippen molar-refractivity contribution in [2.45, 2.75) is 40.0 Å². The number of rotatable bonds is 7. The second-order valence-electron chi connectivity index (χ2n) is 4.70. The number of unbranched alkanes of at least 4 members (excludes halogenated alkanes) is 1. The number of hydrogen-bond donors (Lipinski definition) is 1. The number of benzene rings is 1. The van der Waals surface area contributed by atoms with E-state index in [9.17, 15) is 4.79 Å². The molecule has 0 radical (unpaired) electrons. The van der Waals surface area contributed by atoms with Crippen LogP contribution in [-0.4, -0.2) is 24.2 Å². The summed E-state index contributed by atoms with van der Waals surface area (Å²) in [5, 5.41) is 8.83. The van der Waals surface area contributed by atoms with Crippen LogP contribution in [0.1, 0.15) is 37.3 Å². The van der Waals surface area contributed by atoms with Crippen LogP contribution < -0.4 is 4.90 Å². The molecule has 0 unspecified atom stereocenters. The Bertz CT molecular complexity index is 401. The van der Waals surface area contributed by atoms with Crippen molar-refractivity contribution in [2.24, 2.45) is 0 Å². The molecule has 0 aromatic heterocycles. The van der Waals surface area contributed by atoms with E-state index in [2.05, 4.69) is 37.8 Å². The standard InChI is InChI=1S/C15H23NO2/c1-4-5-10-16(11-9-15(17)18)14-8-6-7-12(2)13(14)3/h6-8H,4-5,9-11H2,1-3H3,(H,17,18). The molecule has 1 aromatic rings. The van der Waals surface area contributed by atoms with Crippen molar-refractivity contribution in [1.82, 2.24) is 0 Å². The van der Waals surface area contributed by atoms with Gasteiger partial charge in [-0.1, -0.05) is 25.5 Å². The van der Waals surface area contributed by atoms with E-state index in [-0.39, 0.29) is 6.42 Å². The average Bonchev–Trinajstić information content (AvgIpc) is 2.33. The fraction of sp³-hybridized carbons (Fsp3) is 0.533. The van der Waals surface area contributed by atoms with Gasteiger partial charge in [-0.2, -0.15) is 0 Å². The Morgan fingerprint density at radius 3 is 2.61 bits per heavy atom. The van der Waals surface area contributed by atoms with E-state index >= 15 is 0 Å². The third-order valence-electron chi connectivity index (χ3n) is 3.29. The first-order valence-electron chi connectivity index (χ1n) is 6.59. The SMILES string of the molecule is CCCCN(CCC(=O)O)c1cccc(C)c1C. The fourth-order valence-electron chi connectivity index (χ4n) is 2.01. The van der Waals surface area contributed by atoms with Gasteiger partial charge in [-0.3, -0.25) is 4.79 Å². The van der Waals surface area contributed by atoms with Crippen molar-refractivity contribution >= 4 is 11.7 Å². The quantitative estimate of drug-likeness (QED) is 0.805. The van der Waals surface area contributed by atoms with Crippen LogP contribution in [0.4, 0.5) is 5.69 Å². The number of hydrogen-bond acceptors (Lipinski definition) is 2. The Morgan fingerprint density at radius 1 is 1.28 bits per heavy atom. The van der Waals surface area contributed by atoms with E-state index in [0.29, 0.717) is 6.54 Å². The van der Waals surface area contributed by atoms with Crippen LogP contribution in [0.25, 0.3) is 0 Å². The van der Waals surface area contributed by atoms with Crippen LogP contribution in [0.3, 0.4) is 0 Å². The molecular weight excluding hydrogens is 226 g/mol. The summed E-state index contributed by atoms with van der Waals surface area (Å²) in [7, 11) is 0. The molecule has 0 bridgehead atoms. The Labute approximate surface area is 109 Å². The highest BCUT2D eigenvalue weighted by Crippen LogP contribution is 2.23. The smallest absolute Gasteiger partial charge is 0.305 e. The van der Waals surface area contributed by atoms with Crippen molar-refractivity contribution in [2.75, 3.05) is 18.0 Å². The first-order valence-corrected chi connectivity index (χ1v) is 6.59. The maximum absolute atomic E-state index is 10.7. The van der Waals surface area contributed by atoms with E-state index < -0.39 is 5.97 Å².